The molecule has 1 unspecified atom stereocenters. The van der Waals surface area contributed by atoms with Gasteiger partial charge in [0.2, 0.25) is 21.8 Å². The summed E-state index contributed by atoms with van der Waals surface area (Å²) in [4.78, 5) is 28.0. The highest BCUT2D eigenvalue weighted by molar-refractivity contribution is 7.88. The second-order valence-corrected chi connectivity index (χ2v) is 10.5. The van der Waals surface area contributed by atoms with Crippen LogP contribution >= 0.6 is 0 Å². The highest BCUT2D eigenvalue weighted by Gasteiger charge is 2.32. The average molecular weight is 478 g/mol. The first-order valence-electron chi connectivity index (χ1n) is 10.8. The molecule has 1 atom stereocenters. The molecule has 0 bridgehead atoms. The van der Waals surface area contributed by atoms with Crippen LogP contribution in [0.5, 0.6) is 0 Å². The Morgan fingerprint density at radius 2 is 1.64 bits per heavy atom. The van der Waals surface area contributed by atoms with Crippen molar-refractivity contribution in [2.45, 2.75) is 32.9 Å². The van der Waals surface area contributed by atoms with Crippen LogP contribution in [-0.2, 0) is 26.2 Å². The predicted octanol–water partition coefficient (Wildman–Crippen LogP) is 2.95. The fraction of sp³-hybridized carbons (Fsp3) is 0.417. The molecular weight excluding hydrogens is 445 g/mol. The van der Waals surface area contributed by atoms with Gasteiger partial charge in [0.25, 0.3) is 0 Å². The lowest BCUT2D eigenvalue weighted by Gasteiger charge is -2.32. The average Bonchev–Trinajstić information content (AvgIpc) is 2.74. The third kappa shape index (κ3) is 8.25. The van der Waals surface area contributed by atoms with Gasteiger partial charge < -0.3 is 10.2 Å². The van der Waals surface area contributed by atoms with Crippen LogP contribution in [0.15, 0.2) is 54.6 Å². The Labute approximate surface area is 195 Å². The normalized spacial score (nSPS) is 12.6. The van der Waals surface area contributed by atoms with E-state index in [-0.39, 0.29) is 12.5 Å². The lowest BCUT2D eigenvalue weighted by molar-refractivity contribution is -0.141. The molecule has 0 aliphatic carbocycles. The number of carbonyl (C=O) groups is 2. The van der Waals surface area contributed by atoms with E-state index in [4.69, 9.17) is 0 Å². The second-order valence-electron chi connectivity index (χ2n) is 8.45. The molecule has 0 fully saturated rings. The van der Waals surface area contributed by atoms with Crippen LogP contribution in [0.25, 0.3) is 0 Å². The van der Waals surface area contributed by atoms with Crippen molar-refractivity contribution >= 4 is 21.8 Å². The number of halogens is 1. The lowest BCUT2D eigenvalue weighted by Crippen LogP contribution is -2.47. The third-order valence-electron chi connectivity index (χ3n) is 5.21. The minimum Gasteiger partial charge on any atom is -0.354 e. The van der Waals surface area contributed by atoms with Crippen molar-refractivity contribution in [2.75, 3.05) is 26.4 Å². The summed E-state index contributed by atoms with van der Waals surface area (Å²) in [7, 11) is -2.30. The Bertz CT molecular complexity index is 1030. The molecule has 0 aliphatic heterocycles. The molecule has 0 radical (unpaired) electrons. The molecule has 0 saturated carbocycles. The smallest absolute Gasteiger partial charge is 0.247 e. The maximum absolute atomic E-state index is 13.4. The van der Waals surface area contributed by atoms with Crippen LogP contribution in [0.1, 0.15) is 37.4 Å². The van der Waals surface area contributed by atoms with Crippen LogP contribution < -0.4 is 5.32 Å². The summed E-state index contributed by atoms with van der Waals surface area (Å²) < 4.78 is 38.2. The maximum Gasteiger partial charge on any atom is 0.247 e. The van der Waals surface area contributed by atoms with E-state index in [1.807, 2.05) is 13.8 Å². The molecule has 7 nitrogen and oxygen atoms in total. The molecule has 9 heteroatoms. The van der Waals surface area contributed by atoms with E-state index in [2.05, 4.69) is 5.32 Å². The standard InChI is InChI=1S/C24H32FN3O4S/c1-18(2)14-15-26-24(30)23(20-8-6-5-7-9-20)28(16-19-10-12-21(25)13-11-19)22(29)17-27(3)33(4,31)32/h5-13,18,23H,14-17H2,1-4H3,(H,26,30). The van der Waals surface area contributed by atoms with Crippen LogP contribution in [0.2, 0.25) is 0 Å². The number of sulfonamides is 1. The van der Waals surface area contributed by atoms with Crippen molar-refractivity contribution in [2.24, 2.45) is 5.92 Å². The molecule has 0 heterocycles. The first-order valence-corrected chi connectivity index (χ1v) is 12.6. The van der Waals surface area contributed by atoms with Gasteiger partial charge in [-0.05, 0) is 35.6 Å². The van der Waals surface area contributed by atoms with Crippen LogP contribution in [0.3, 0.4) is 0 Å². The predicted molar refractivity (Wildman–Crippen MR) is 126 cm³/mol. The monoisotopic (exact) mass is 477 g/mol. The molecule has 0 spiro atoms. The summed E-state index contributed by atoms with van der Waals surface area (Å²) in [6.07, 6.45) is 1.79. The number of hydrogen-bond donors (Lipinski definition) is 1. The number of amides is 2. The first-order chi connectivity index (χ1) is 15.5. The van der Waals surface area contributed by atoms with Gasteiger partial charge >= 0.3 is 0 Å². The molecule has 0 aromatic heterocycles. The number of nitrogens with one attached hydrogen (secondary N) is 1. The quantitative estimate of drug-likeness (QED) is 0.539. The second kappa shape index (κ2) is 11.9. The van der Waals surface area contributed by atoms with E-state index in [0.717, 1.165) is 17.0 Å². The van der Waals surface area contributed by atoms with Crippen LogP contribution in [0, 0.1) is 11.7 Å². The van der Waals surface area contributed by atoms with Gasteiger partial charge in [-0.1, -0.05) is 56.3 Å². The minimum absolute atomic E-state index is 0.00781. The van der Waals surface area contributed by atoms with Gasteiger partial charge in [0.05, 0.1) is 12.8 Å². The molecule has 33 heavy (non-hydrogen) atoms. The zero-order valence-electron chi connectivity index (χ0n) is 19.5. The van der Waals surface area contributed by atoms with Gasteiger partial charge in [0.15, 0.2) is 0 Å². The summed E-state index contributed by atoms with van der Waals surface area (Å²) >= 11 is 0. The van der Waals surface area contributed by atoms with Crippen molar-refractivity contribution in [3.8, 4) is 0 Å². The molecule has 2 rings (SSSR count). The lowest BCUT2D eigenvalue weighted by atomic mass is 10.0. The first kappa shape index (κ1) is 26.5. The number of hydrogen-bond acceptors (Lipinski definition) is 4. The Morgan fingerprint density at radius 1 is 1.03 bits per heavy atom. The fourth-order valence-electron chi connectivity index (χ4n) is 3.20. The van der Waals surface area contributed by atoms with Gasteiger partial charge in [-0.25, -0.2) is 12.8 Å². The third-order valence-corrected chi connectivity index (χ3v) is 6.47. The topological polar surface area (TPSA) is 86.8 Å². The molecular formula is C24H32FN3O4S. The van der Waals surface area contributed by atoms with E-state index >= 15 is 0 Å². The van der Waals surface area contributed by atoms with Crippen LogP contribution in [0.4, 0.5) is 4.39 Å². The number of likely N-dealkylation sites (N-methyl/N-ethyl adjacent to an activating group) is 1. The van der Waals surface area contributed by atoms with E-state index in [1.54, 1.807) is 30.3 Å². The number of benzene rings is 2. The SMILES string of the molecule is CC(C)CCNC(=O)C(c1ccccc1)N(Cc1ccc(F)cc1)C(=O)CN(C)S(C)(=O)=O. The van der Waals surface area contributed by atoms with Gasteiger partial charge in [-0.3, -0.25) is 9.59 Å². The largest absolute Gasteiger partial charge is 0.354 e. The van der Waals surface area contributed by atoms with Gasteiger partial charge in [0.1, 0.15) is 11.9 Å². The van der Waals surface area contributed by atoms with Crippen molar-refractivity contribution in [3.05, 3.63) is 71.5 Å². The van der Waals surface area contributed by atoms with Crippen molar-refractivity contribution in [1.82, 2.24) is 14.5 Å². The van der Waals surface area contributed by atoms with E-state index in [0.29, 0.717) is 23.6 Å². The van der Waals surface area contributed by atoms with E-state index in [9.17, 15) is 22.4 Å². The number of rotatable bonds is 11. The molecule has 0 aliphatic rings. The number of carbonyl (C=O) groups excluding carboxylic acids is 2. The zero-order chi connectivity index (χ0) is 24.6. The summed E-state index contributed by atoms with van der Waals surface area (Å²) in [5.41, 5.74) is 1.21. The van der Waals surface area contributed by atoms with Crippen molar-refractivity contribution in [3.63, 3.8) is 0 Å². The number of nitrogens with zero attached hydrogens (tertiary/aromatic N) is 2. The summed E-state index contributed by atoms with van der Waals surface area (Å²) in [5.74, 6) is -0.931. The van der Waals surface area contributed by atoms with Gasteiger partial charge in [-0.2, -0.15) is 4.31 Å². The zero-order valence-corrected chi connectivity index (χ0v) is 20.3. The van der Waals surface area contributed by atoms with E-state index in [1.165, 1.54) is 36.2 Å². The summed E-state index contributed by atoms with van der Waals surface area (Å²) in [6.45, 7) is 4.12. The van der Waals surface area contributed by atoms with Gasteiger partial charge in [0, 0.05) is 20.1 Å². The fourth-order valence-corrected chi connectivity index (χ4v) is 3.54. The summed E-state index contributed by atoms with van der Waals surface area (Å²) in [6, 6.07) is 13.5. The minimum atomic E-state index is -3.61. The highest BCUT2D eigenvalue weighted by atomic mass is 32.2. The van der Waals surface area contributed by atoms with Crippen molar-refractivity contribution in [1.29, 1.82) is 0 Å². The Hall–Kier alpha value is -2.78. The van der Waals surface area contributed by atoms with Gasteiger partial charge in [-0.15, -0.1) is 0 Å². The summed E-state index contributed by atoms with van der Waals surface area (Å²) in [5, 5.41) is 2.90. The Balaban J connectivity index is 2.44. The molecule has 0 saturated heterocycles. The maximum atomic E-state index is 13.4. The van der Waals surface area contributed by atoms with Crippen LogP contribution in [-0.4, -0.2) is 55.8 Å². The Morgan fingerprint density at radius 3 is 2.18 bits per heavy atom. The van der Waals surface area contributed by atoms with E-state index < -0.39 is 34.3 Å². The highest BCUT2D eigenvalue weighted by Crippen LogP contribution is 2.24. The van der Waals surface area contributed by atoms with Crippen molar-refractivity contribution < 1.29 is 22.4 Å². The molecule has 1 N–H and O–H groups in total. The molecule has 180 valence electrons. The Kier molecular flexibility index (Phi) is 9.55. The molecule has 2 amide bonds. The molecule has 2 aromatic rings. The molecule has 2 aromatic carbocycles.